The molecule has 1 aromatic carbocycles. The van der Waals surface area contributed by atoms with E-state index in [1.165, 1.54) is 6.08 Å². The van der Waals surface area contributed by atoms with Crippen LogP contribution in [0.5, 0.6) is 0 Å². The largest absolute Gasteiger partial charge is 0.381 e. The monoisotopic (exact) mass is 336 g/mol. The number of anilines is 2. The van der Waals surface area contributed by atoms with Gasteiger partial charge >= 0.3 is 0 Å². The maximum atomic E-state index is 12.2. The lowest BCUT2D eigenvalue weighted by Gasteiger charge is -2.30. The van der Waals surface area contributed by atoms with Gasteiger partial charge in [0.1, 0.15) is 0 Å². The topological polar surface area (TPSA) is 57.3 Å². The Hall–Kier alpha value is -2.66. The van der Waals surface area contributed by atoms with Crippen LogP contribution in [-0.2, 0) is 4.79 Å². The fourth-order valence-electron chi connectivity index (χ4n) is 2.90. The Morgan fingerprint density at radius 1 is 1.12 bits per heavy atom. The molecule has 25 heavy (non-hydrogen) atoms. The van der Waals surface area contributed by atoms with E-state index in [1.54, 1.807) is 12.3 Å². The predicted octanol–water partition coefficient (Wildman–Crippen LogP) is 3.24. The lowest BCUT2D eigenvalue weighted by Crippen LogP contribution is -2.36. The maximum absolute atomic E-state index is 12.2. The van der Waals surface area contributed by atoms with E-state index < -0.39 is 0 Å². The van der Waals surface area contributed by atoms with Gasteiger partial charge in [-0.1, -0.05) is 18.2 Å². The first-order chi connectivity index (χ1) is 12.2. The standard InChI is InChI=1S/C20H24N4O/c1-24-14-11-17(12-15-24)22-18-7-2-3-8-19(18)23-20(25)10-9-16-6-4-5-13-21-16/h2-10,13,17,22H,11-12,14-15H2,1H3,(H,23,25)/b10-9-. The molecular weight excluding hydrogens is 312 g/mol. The molecule has 2 aromatic rings. The lowest BCUT2D eigenvalue weighted by molar-refractivity contribution is -0.111. The second-order valence-electron chi connectivity index (χ2n) is 6.34. The van der Waals surface area contributed by atoms with Gasteiger partial charge in [0.05, 0.1) is 17.1 Å². The van der Waals surface area contributed by atoms with Crippen molar-refractivity contribution in [2.45, 2.75) is 18.9 Å². The van der Waals surface area contributed by atoms with E-state index in [0.29, 0.717) is 6.04 Å². The summed E-state index contributed by atoms with van der Waals surface area (Å²) in [6, 6.07) is 13.9. The first-order valence-electron chi connectivity index (χ1n) is 8.65. The average Bonchev–Trinajstić information content (AvgIpc) is 2.64. The molecule has 5 nitrogen and oxygen atoms in total. The van der Waals surface area contributed by atoms with Gasteiger partial charge in [-0.2, -0.15) is 0 Å². The van der Waals surface area contributed by atoms with E-state index in [1.807, 2.05) is 42.5 Å². The summed E-state index contributed by atoms with van der Waals surface area (Å²) in [7, 11) is 2.15. The zero-order valence-corrected chi connectivity index (χ0v) is 14.5. The van der Waals surface area contributed by atoms with Crippen LogP contribution in [0, 0.1) is 0 Å². The highest BCUT2D eigenvalue weighted by molar-refractivity contribution is 6.03. The highest BCUT2D eigenvalue weighted by Gasteiger charge is 2.17. The molecule has 0 radical (unpaired) electrons. The van der Waals surface area contributed by atoms with Gasteiger partial charge in [-0.3, -0.25) is 9.78 Å². The summed E-state index contributed by atoms with van der Waals surface area (Å²) >= 11 is 0. The van der Waals surface area contributed by atoms with E-state index in [4.69, 9.17) is 0 Å². The van der Waals surface area contributed by atoms with Crippen LogP contribution in [0.4, 0.5) is 11.4 Å². The number of rotatable bonds is 5. The fourth-order valence-corrected chi connectivity index (χ4v) is 2.90. The number of carbonyl (C=O) groups excluding carboxylic acids is 1. The fraction of sp³-hybridized carbons (Fsp3) is 0.300. The summed E-state index contributed by atoms with van der Waals surface area (Å²) in [5, 5.41) is 6.52. The van der Waals surface area contributed by atoms with E-state index in [9.17, 15) is 4.79 Å². The van der Waals surface area contributed by atoms with Crippen LogP contribution in [0.2, 0.25) is 0 Å². The Morgan fingerprint density at radius 2 is 1.84 bits per heavy atom. The molecule has 130 valence electrons. The van der Waals surface area contributed by atoms with Crippen LogP contribution in [-0.4, -0.2) is 42.0 Å². The van der Waals surface area contributed by atoms with Crippen molar-refractivity contribution < 1.29 is 4.79 Å². The first-order valence-corrected chi connectivity index (χ1v) is 8.65. The molecule has 5 heteroatoms. The number of aromatic nitrogens is 1. The number of amides is 1. The molecule has 0 unspecified atom stereocenters. The summed E-state index contributed by atoms with van der Waals surface area (Å²) in [4.78, 5) is 18.7. The van der Waals surface area contributed by atoms with E-state index in [-0.39, 0.29) is 5.91 Å². The number of para-hydroxylation sites is 2. The number of nitrogens with zero attached hydrogens (tertiary/aromatic N) is 2. The molecule has 0 saturated carbocycles. The number of hydrogen-bond acceptors (Lipinski definition) is 4. The molecule has 0 spiro atoms. The highest BCUT2D eigenvalue weighted by atomic mass is 16.1. The smallest absolute Gasteiger partial charge is 0.248 e. The molecule has 3 rings (SSSR count). The molecule has 1 saturated heterocycles. The molecule has 2 N–H and O–H groups in total. The van der Waals surface area contributed by atoms with Crippen LogP contribution in [0.1, 0.15) is 18.5 Å². The highest BCUT2D eigenvalue weighted by Crippen LogP contribution is 2.24. The van der Waals surface area contributed by atoms with Crippen molar-refractivity contribution in [2.24, 2.45) is 0 Å². The van der Waals surface area contributed by atoms with Crippen LogP contribution >= 0.6 is 0 Å². The lowest BCUT2D eigenvalue weighted by atomic mass is 10.0. The van der Waals surface area contributed by atoms with Crippen molar-refractivity contribution in [2.75, 3.05) is 30.8 Å². The van der Waals surface area contributed by atoms with Gasteiger partial charge < -0.3 is 15.5 Å². The van der Waals surface area contributed by atoms with Crippen molar-refractivity contribution in [1.29, 1.82) is 0 Å². The van der Waals surface area contributed by atoms with E-state index >= 15 is 0 Å². The van der Waals surface area contributed by atoms with Crippen LogP contribution in [0.25, 0.3) is 6.08 Å². The molecule has 1 aliphatic heterocycles. The van der Waals surface area contributed by atoms with Crippen molar-refractivity contribution in [1.82, 2.24) is 9.88 Å². The summed E-state index contributed by atoms with van der Waals surface area (Å²) in [6.45, 7) is 2.19. The van der Waals surface area contributed by atoms with Gasteiger partial charge in [-0.15, -0.1) is 0 Å². The zero-order chi connectivity index (χ0) is 17.5. The number of likely N-dealkylation sites (tertiary alicyclic amines) is 1. The zero-order valence-electron chi connectivity index (χ0n) is 14.5. The molecule has 1 amide bonds. The third-order valence-electron chi connectivity index (χ3n) is 4.36. The number of carbonyl (C=O) groups is 1. The number of nitrogens with one attached hydrogen (secondary N) is 2. The molecule has 0 aliphatic carbocycles. The van der Waals surface area contributed by atoms with Crippen molar-refractivity contribution >= 4 is 23.4 Å². The van der Waals surface area contributed by atoms with Gasteiger partial charge in [-0.25, -0.2) is 0 Å². The Morgan fingerprint density at radius 3 is 2.56 bits per heavy atom. The summed E-state index contributed by atoms with van der Waals surface area (Å²) in [5.74, 6) is -0.164. The molecule has 0 bridgehead atoms. The van der Waals surface area contributed by atoms with Crippen molar-refractivity contribution in [3.05, 3.63) is 60.4 Å². The van der Waals surface area contributed by atoms with Gasteiger partial charge in [0.15, 0.2) is 0 Å². The third-order valence-corrected chi connectivity index (χ3v) is 4.36. The number of benzene rings is 1. The Labute approximate surface area is 148 Å². The molecular formula is C20H24N4O. The molecule has 0 atom stereocenters. The van der Waals surface area contributed by atoms with Gasteiger partial charge in [0.2, 0.25) is 5.91 Å². The quantitative estimate of drug-likeness (QED) is 0.823. The summed E-state index contributed by atoms with van der Waals surface area (Å²) < 4.78 is 0. The SMILES string of the molecule is CN1CCC(Nc2ccccc2NC(=O)/C=C\c2ccccn2)CC1. The number of piperidine rings is 1. The van der Waals surface area contributed by atoms with E-state index in [2.05, 4.69) is 27.6 Å². The minimum absolute atomic E-state index is 0.164. The van der Waals surface area contributed by atoms with Crippen LogP contribution < -0.4 is 10.6 Å². The number of hydrogen-bond donors (Lipinski definition) is 2. The number of pyridine rings is 1. The van der Waals surface area contributed by atoms with Crippen molar-refractivity contribution in [3.8, 4) is 0 Å². The molecule has 2 heterocycles. The first kappa shape index (κ1) is 17.2. The van der Waals surface area contributed by atoms with E-state index in [0.717, 1.165) is 43.0 Å². The van der Waals surface area contributed by atoms with Crippen LogP contribution in [0.15, 0.2) is 54.7 Å². The van der Waals surface area contributed by atoms with Gasteiger partial charge in [-0.05, 0) is 63.3 Å². The predicted molar refractivity (Wildman–Crippen MR) is 102 cm³/mol. The van der Waals surface area contributed by atoms with Gasteiger partial charge in [0.25, 0.3) is 0 Å². The molecule has 1 aromatic heterocycles. The minimum atomic E-state index is -0.164. The normalized spacial score (nSPS) is 16.0. The Bertz CT molecular complexity index is 721. The third kappa shape index (κ3) is 5.16. The second-order valence-corrected chi connectivity index (χ2v) is 6.34. The average molecular weight is 336 g/mol. The second kappa shape index (κ2) is 8.44. The Kier molecular flexibility index (Phi) is 5.80. The molecule has 1 aliphatic rings. The maximum Gasteiger partial charge on any atom is 0.248 e. The Balaban J connectivity index is 1.62. The van der Waals surface area contributed by atoms with Crippen LogP contribution in [0.3, 0.4) is 0 Å². The van der Waals surface area contributed by atoms with Gasteiger partial charge in [0, 0.05) is 18.3 Å². The minimum Gasteiger partial charge on any atom is -0.381 e. The molecule has 1 fully saturated rings. The summed E-state index contributed by atoms with van der Waals surface area (Å²) in [6.07, 6.45) is 7.14. The van der Waals surface area contributed by atoms with Crippen molar-refractivity contribution in [3.63, 3.8) is 0 Å². The summed E-state index contributed by atoms with van der Waals surface area (Å²) in [5.41, 5.74) is 2.53.